The number of para-hydroxylation sites is 1. The van der Waals surface area contributed by atoms with Crippen molar-refractivity contribution in [2.75, 3.05) is 0 Å². The summed E-state index contributed by atoms with van der Waals surface area (Å²) in [6.07, 6.45) is 3.29. The first kappa shape index (κ1) is 12.2. The van der Waals surface area contributed by atoms with E-state index in [0.717, 1.165) is 6.42 Å². The Kier molecular flexibility index (Phi) is 3.32. The first-order valence-corrected chi connectivity index (χ1v) is 5.62. The molecule has 0 saturated heterocycles. The molecule has 18 heavy (non-hydrogen) atoms. The molecule has 0 fully saturated rings. The summed E-state index contributed by atoms with van der Waals surface area (Å²) in [6.45, 7) is 0. The number of rotatable bonds is 3. The van der Waals surface area contributed by atoms with Crippen LogP contribution < -0.4 is 0 Å². The Labute approximate surface area is 103 Å². The Morgan fingerprint density at radius 1 is 1.28 bits per heavy atom. The van der Waals surface area contributed by atoms with Gasteiger partial charge in [-0.05, 0) is 18.9 Å². The average molecular weight is 245 g/mol. The van der Waals surface area contributed by atoms with E-state index in [1.807, 2.05) is 0 Å². The highest BCUT2D eigenvalue weighted by Crippen LogP contribution is 2.24. The van der Waals surface area contributed by atoms with Gasteiger partial charge in [0, 0.05) is 12.5 Å². The second-order valence-corrected chi connectivity index (χ2v) is 4.04. The van der Waals surface area contributed by atoms with E-state index in [1.165, 1.54) is 18.2 Å². The molecular weight excluding hydrogens is 234 g/mol. The molecule has 1 aliphatic rings. The van der Waals surface area contributed by atoms with E-state index in [0.29, 0.717) is 12.8 Å². The van der Waals surface area contributed by atoms with E-state index in [9.17, 15) is 19.7 Å². The van der Waals surface area contributed by atoms with E-state index in [1.54, 1.807) is 12.1 Å². The molecule has 0 N–H and O–H groups in total. The largest absolute Gasteiger partial charge is 0.294 e. The minimum absolute atomic E-state index is 0.0241. The summed E-state index contributed by atoms with van der Waals surface area (Å²) in [7, 11) is 0. The van der Waals surface area contributed by atoms with E-state index in [4.69, 9.17) is 0 Å². The number of nitrogens with zero attached hydrogens (tertiary/aromatic N) is 1. The van der Waals surface area contributed by atoms with Crippen LogP contribution in [0, 0.1) is 10.1 Å². The van der Waals surface area contributed by atoms with Crippen LogP contribution in [0.2, 0.25) is 0 Å². The summed E-state index contributed by atoms with van der Waals surface area (Å²) in [5.74, 6) is -0.781. The molecule has 92 valence electrons. The first-order chi connectivity index (χ1) is 8.61. The first-order valence-electron chi connectivity index (χ1n) is 5.62. The van der Waals surface area contributed by atoms with E-state index in [-0.39, 0.29) is 22.6 Å². The molecule has 0 aromatic heterocycles. The van der Waals surface area contributed by atoms with Crippen molar-refractivity contribution in [3.63, 3.8) is 0 Å². The maximum atomic E-state index is 12.1. The van der Waals surface area contributed by atoms with Gasteiger partial charge in [0.05, 0.1) is 10.5 Å². The molecule has 0 spiro atoms. The number of nitro benzene ring substituents is 1. The fourth-order valence-corrected chi connectivity index (χ4v) is 1.95. The van der Waals surface area contributed by atoms with Gasteiger partial charge in [-0.15, -0.1) is 0 Å². The summed E-state index contributed by atoms with van der Waals surface area (Å²) in [5, 5.41) is 10.8. The van der Waals surface area contributed by atoms with Crippen molar-refractivity contribution in [1.29, 1.82) is 0 Å². The minimum atomic E-state index is -0.610. The number of hydrogen-bond acceptors (Lipinski definition) is 4. The monoisotopic (exact) mass is 245 g/mol. The van der Waals surface area contributed by atoms with Crippen molar-refractivity contribution in [1.82, 2.24) is 0 Å². The topological polar surface area (TPSA) is 77.3 Å². The van der Waals surface area contributed by atoms with Crippen LogP contribution in [-0.4, -0.2) is 16.5 Å². The lowest BCUT2D eigenvalue weighted by Crippen LogP contribution is -2.17. The fourth-order valence-electron chi connectivity index (χ4n) is 1.95. The van der Waals surface area contributed by atoms with Crippen LogP contribution in [0.3, 0.4) is 0 Å². The van der Waals surface area contributed by atoms with Crippen LogP contribution in [0.1, 0.15) is 29.6 Å². The number of hydrogen-bond donors (Lipinski definition) is 0. The number of carbonyl (C=O) groups excluding carboxylic acids is 2. The average Bonchev–Trinajstić information content (AvgIpc) is 2.38. The lowest BCUT2D eigenvalue weighted by Gasteiger charge is -2.10. The quantitative estimate of drug-likeness (QED) is 0.354. The van der Waals surface area contributed by atoms with Crippen LogP contribution in [0.4, 0.5) is 5.69 Å². The molecule has 0 amide bonds. The highest BCUT2D eigenvalue weighted by molar-refractivity contribution is 6.27. The third kappa shape index (κ3) is 2.20. The molecular formula is C13H11NO4. The van der Waals surface area contributed by atoms with Gasteiger partial charge in [0.25, 0.3) is 5.69 Å². The predicted octanol–water partition coefficient (Wildman–Crippen LogP) is 2.46. The number of benzene rings is 1. The van der Waals surface area contributed by atoms with E-state index in [2.05, 4.69) is 0 Å². The molecule has 2 rings (SSSR count). The summed E-state index contributed by atoms with van der Waals surface area (Å²) in [5.41, 5.74) is -0.207. The van der Waals surface area contributed by atoms with Gasteiger partial charge in [-0.1, -0.05) is 18.2 Å². The van der Waals surface area contributed by atoms with Gasteiger partial charge in [0.1, 0.15) is 5.56 Å². The van der Waals surface area contributed by atoms with Gasteiger partial charge in [-0.3, -0.25) is 19.7 Å². The van der Waals surface area contributed by atoms with Gasteiger partial charge in [0.15, 0.2) is 5.78 Å². The highest BCUT2D eigenvalue weighted by atomic mass is 16.6. The molecule has 0 bridgehead atoms. The van der Waals surface area contributed by atoms with Gasteiger partial charge in [-0.2, -0.15) is 0 Å². The van der Waals surface area contributed by atoms with Crippen LogP contribution in [0.5, 0.6) is 0 Å². The molecule has 5 nitrogen and oxygen atoms in total. The van der Waals surface area contributed by atoms with E-state index >= 15 is 0 Å². The zero-order valence-electron chi connectivity index (χ0n) is 9.59. The summed E-state index contributed by atoms with van der Waals surface area (Å²) < 4.78 is 0. The predicted molar refractivity (Wildman–Crippen MR) is 64.4 cm³/mol. The molecule has 0 radical (unpaired) electrons. The Bertz CT molecular complexity index is 560. The normalized spacial score (nSPS) is 15.1. The number of carbonyl (C=O) groups is 2. The Balaban J connectivity index is 2.43. The second-order valence-electron chi connectivity index (χ2n) is 4.04. The third-order valence-electron chi connectivity index (χ3n) is 2.85. The van der Waals surface area contributed by atoms with Crippen molar-refractivity contribution < 1.29 is 14.5 Å². The number of nitro groups is 1. The Morgan fingerprint density at radius 3 is 2.67 bits per heavy atom. The van der Waals surface area contributed by atoms with Crippen LogP contribution in [-0.2, 0) is 4.79 Å². The molecule has 0 unspecified atom stereocenters. The van der Waals surface area contributed by atoms with Crippen molar-refractivity contribution in [3.8, 4) is 0 Å². The molecule has 1 aromatic carbocycles. The third-order valence-corrected chi connectivity index (χ3v) is 2.85. The molecule has 0 saturated carbocycles. The van der Waals surface area contributed by atoms with E-state index < -0.39 is 10.7 Å². The summed E-state index contributed by atoms with van der Waals surface area (Å²) >= 11 is 0. The lowest BCUT2D eigenvalue weighted by molar-refractivity contribution is -0.385. The van der Waals surface area contributed by atoms with Gasteiger partial charge < -0.3 is 0 Å². The number of Topliss-reactive ketones (excluding diaryl/α,β-unsaturated/α-hetero) is 2. The summed E-state index contributed by atoms with van der Waals surface area (Å²) in [4.78, 5) is 34.0. The maximum Gasteiger partial charge on any atom is 0.280 e. The van der Waals surface area contributed by atoms with Gasteiger partial charge >= 0.3 is 0 Å². The fraction of sp³-hybridized carbons (Fsp3) is 0.231. The SMILES string of the molecule is O=C1CCCC=C1C(=O)c1ccccc1[N+](=O)[O-]. The van der Waals surface area contributed by atoms with Crippen LogP contribution in [0.25, 0.3) is 0 Å². The van der Waals surface area contributed by atoms with Crippen molar-refractivity contribution in [2.45, 2.75) is 19.3 Å². The lowest BCUT2D eigenvalue weighted by atomic mass is 9.91. The van der Waals surface area contributed by atoms with Gasteiger partial charge in [-0.25, -0.2) is 0 Å². The van der Waals surface area contributed by atoms with Crippen molar-refractivity contribution in [2.24, 2.45) is 0 Å². The molecule has 0 heterocycles. The molecule has 0 atom stereocenters. The molecule has 1 aliphatic carbocycles. The second kappa shape index (κ2) is 4.91. The highest BCUT2D eigenvalue weighted by Gasteiger charge is 2.26. The Morgan fingerprint density at radius 2 is 2.00 bits per heavy atom. The van der Waals surface area contributed by atoms with Crippen molar-refractivity contribution >= 4 is 17.3 Å². The minimum Gasteiger partial charge on any atom is -0.294 e. The van der Waals surface area contributed by atoms with Crippen molar-refractivity contribution in [3.05, 3.63) is 51.6 Å². The zero-order valence-corrected chi connectivity index (χ0v) is 9.59. The van der Waals surface area contributed by atoms with Crippen LogP contribution in [0.15, 0.2) is 35.9 Å². The molecule has 1 aromatic rings. The zero-order chi connectivity index (χ0) is 13.1. The maximum absolute atomic E-state index is 12.1. The smallest absolute Gasteiger partial charge is 0.280 e. The Hall–Kier alpha value is -2.30. The number of ketones is 2. The summed E-state index contributed by atoms with van der Waals surface area (Å²) in [6, 6.07) is 5.68. The van der Waals surface area contributed by atoms with Crippen LogP contribution >= 0.6 is 0 Å². The van der Waals surface area contributed by atoms with Gasteiger partial charge in [0.2, 0.25) is 5.78 Å². The standard InChI is InChI=1S/C13H11NO4/c15-12-8-4-2-6-10(12)13(16)9-5-1-3-7-11(9)14(17)18/h1,3,5-7H,2,4,8H2. The molecule has 0 aliphatic heterocycles. The number of allylic oxidation sites excluding steroid dienone is 2. The molecule has 5 heteroatoms.